The van der Waals surface area contributed by atoms with Crippen LogP contribution in [0.4, 0.5) is 10.5 Å². The molecular weight excluding hydrogens is 360 g/mol. The number of nitrogens with one attached hydrogen (secondary N) is 2. The number of carbonyl (C=O) groups is 1. The Kier molecular flexibility index (Phi) is 4.71. The molecule has 0 unspecified atom stereocenters. The number of hydrogen-bond acceptors (Lipinski definition) is 3. The van der Waals surface area contributed by atoms with Gasteiger partial charge in [0.25, 0.3) is 0 Å². The molecule has 3 rings (SSSR count). The number of ether oxygens (including phenoxy) is 2. The van der Waals surface area contributed by atoms with Crippen molar-refractivity contribution in [1.82, 2.24) is 5.32 Å². The first-order valence-corrected chi connectivity index (χ1v) is 8.10. The third-order valence-electron chi connectivity index (χ3n) is 3.57. The summed E-state index contributed by atoms with van der Waals surface area (Å²) in [6.07, 6.45) is 0.726. The molecule has 2 aromatic rings. The molecule has 0 spiro atoms. The fourth-order valence-electron chi connectivity index (χ4n) is 2.35. The van der Waals surface area contributed by atoms with E-state index in [0.29, 0.717) is 6.54 Å². The van der Waals surface area contributed by atoms with Crippen LogP contribution in [0, 0.1) is 6.92 Å². The van der Waals surface area contributed by atoms with Crippen molar-refractivity contribution in [2.24, 2.45) is 0 Å². The number of urea groups is 1. The molecule has 6 heteroatoms. The Morgan fingerprint density at radius 3 is 2.83 bits per heavy atom. The van der Waals surface area contributed by atoms with Crippen LogP contribution >= 0.6 is 15.9 Å². The first-order chi connectivity index (χ1) is 11.1. The lowest BCUT2D eigenvalue weighted by Crippen LogP contribution is -2.30. The van der Waals surface area contributed by atoms with Gasteiger partial charge in [0.1, 0.15) is 0 Å². The van der Waals surface area contributed by atoms with Gasteiger partial charge in [0.15, 0.2) is 11.5 Å². The molecule has 0 aliphatic carbocycles. The number of rotatable bonds is 4. The molecular formula is C17H17BrN2O3. The predicted octanol–water partition coefficient (Wildman–Crippen LogP) is 3.85. The Labute approximate surface area is 143 Å². The molecule has 0 saturated heterocycles. The number of anilines is 1. The molecule has 5 nitrogen and oxygen atoms in total. The first kappa shape index (κ1) is 15.7. The van der Waals surface area contributed by atoms with Crippen LogP contribution < -0.4 is 20.1 Å². The maximum absolute atomic E-state index is 11.9. The van der Waals surface area contributed by atoms with E-state index in [1.165, 1.54) is 0 Å². The third kappa shape index (κ3) is 3.96. The lowest BCUT2D eigenvalue weighted by atomic mass is 10.1. The van der Waals surface area contributed by atoms with Crippen molar-refractivity contribution in [2.75, 3.05) is 18.7 Å². The van der Waals surface area contributed by atoms with Crippen molar-refractivity contribution in [3.8, 4) is 11.5 Å². The lowest BCUT2D eigenvalue weighted by molar-refractivity contribution is 0.174. The smallest absolute Gasteiger partial charge is 0.319 e. The Morgan fingerprint density at radius 2 is 2.00 bits per heavy atom. The van der Waals surface area contributed by atoms with Crippen molar-refractivity contribution < 1.29 is 14.3 Å². The highest BCUT2D eigenvalue weighted by atomic mass is 79.9. The summed E-state index contributed by atoms with van der Waals surface area (Å²) in [6, 6.07) is 11.3. The van der Waals surface area contributed by atoms with Crippen LogP contribution in [0.5, 0.6) is 11.5 Å². The van der Waals surface area contributed by atoms with Gasteiger partial charge < -0.3 is 20.1 Å². The number of benzene rings is 2. The molecule has 23 heavy (non-hydrogen) atoms. The lowest BCUT2D eigenvalue weighted by Gasteiger charge is -2.10. The van der Waals surface area contributed by atoms with Crippen molar-refractivity contribution in [3.05, 3.63) is 52.0 Å². The molecule has 2 N–H and O–H groups in total. The van der Waals surface area contributed by atoms with E-state index in [0.717, 1.165) is 39.2 Å². The highest BCUT2D eigenvalue weighted by Gasteiger charge is 2.13. The fourth-order valence-corrected chi connectivity index (χ4v) is 2.83. The summed E-state index contributed by atoms with van der Waals surface area (Å²) in [5, 5.41) is 5.71. The Balaban J connectivity index is 1.49. The van der Waals surface area contributed by atoms with Gasteiger partial charge >= 0.3 is 6.03 Å². The summed E-state index contributed by atoms with van der Waals surface area (Å²) in [4.78, 5) is 11.9. The topological polar surface area (TPSA) is 59.6 Å². The van der Waals surface area contributed by atoms with E-state index in [-0.39, 0.29) is 12.8 Å². The quantitative estimate of drug-likeness (QED) is 0.851. The van der Waals surface area contributed by atoms with Gasteiger partial charge in [-0.25, -0.2) is 4.79 Å². The summed E-state index contributed by atoms with van der Waals surface area (Å²) < 4.78 is 11.6. The standard InChI is InChI=1S/C17H17BrN2O3/c1-11-8-13(18)3-4-14(11)20-17(21)19-7-6-12-2-5-15-16(9-12)23-10-22-15/h2-5,8-9H,6-7,10H2,1H3,(H2,19,20,21). The summed E-state index contributed by atoms with van der Waals surface area (Å²) in [5.74, 6) is 1.53. The first-order valence-electron chi connectivity index (χ1n) is 7.31. The van der Waals surface area contributed by atoms with Gasteiger partial charge in [0.2, 0.25) is 6.79 Å². The number of halogens is 1. The molecule has 1 aliphatic heterocycles. The third-order valence-corrected chi connectivity index (χ3v) is 4.07. The number of fused-ring (bicyclic) bond motifs is 1. The zero-order chi connectivity index (χ0) is 16.2. The van der Waals surface area contributed by atoms with Gasteiger partial charge in [0, 0.05) is 16.7 Å². The van der Waals surface area contributed by atoms with E-state index in [1.54, 1.807) is 0 Å². The second-order valence-corrected chi connectivity index (χ2v) is 6.19. The van der Waals surface area contributed by atoms with Gasteiger partial charge in [0.05, 0.1) is 0 Å². The zero-order valence-corrected chi connectivity index (χ0v) is 14.3. The fraction of sp³-hybridized carbons (Fsp3) is 0.235. The molecule has 0 atom stereocenters. The molecule has 2 aromatic carbocycles. The van der Waals surface area contributed by atoms with Crippen molar-refractivity contribution in [2.45, 2.75) is 13.3 Å². The van der Waals surface area contributed by atoms with Crippen LogP contribution in [0.25, 0.3) is 0 Å². The molecule has 0 fully saturated rings. The Hall–Kier alpha value is -2.21. The minimum atomic E-state index is -0.212. The molecule has 0 bridgehead atoms. The van der Waals surface area contributed by atoms with Crippen LogP contribution in [-0.4, -0.2) is 19.4 Å². The van der Waals surface area contributed by atoms with Crippen LogP contribution in [0.2, 0.25) is 0 Å². The molecule has 2 amide bonds. The molecule has 0 saturated carbocycles. The number of hydrogen-bond donors (Lipinski definition) is 2. The van der Waals surface area contributed by atoms with Gasteiger partial charge in [-0.15, -0.1) is 0 Å². The highest BCUT2D eigenvalue weighted by molar-refractivity contribution is 9.10. The number of amides is 2. The number of carbonyl (C=O) groups excluding carboxylic acids is 1. The largest absolute Gasteiger partial charge is 0.454 e. The minimum Gasteiger partial charge on any atom is -0.454 e. The van der Waals surface area contributed by atoms with Gasteiger partial charge in [-0.05, 0) is 54.8 Å². The van der Waals surface area contributed by atoms with E-state index < -0.39 is 0 Å². The van der Waals surface area contributed by atoms with E-state index in [4.69, 9.17) is 9.47 Å². The van der Waals surface area contributed by atoms with E-state index in [1.807, 2.05) is 43.3 Å². The van der Waals surface area contributed by atoms with Crippen molar-refractivity contribution in [1.29, 1.82) is 0 Å². The van der Waals surface area contributed by atoms with Crippen molar-refractivity contribution in [3.63, 3.8) is 0 Å². The average molecular weight is 377 g/mol. The average Bonchev–Trinajstić information content (AvgIpc) is 2.98. The second-order valence-electron chi connectivity index (χ2n) is 5.28. The monoisotopic (exact) mass is 376 g/mol. The summed E-state index contributed by atoms with van der Waals surface area (Å²) >= 11 is 3.40. The van der Waals surface area contributed by atoms with E-state index in [2.05, 4.69) is 26.6 Å². The Morgan fingerprint density at radius 1 is 1.17 bits per heavy atom. The van der Waals surface area contributed by atoms with Crippen LogP contribution in [-0.2, 0) is 6.42 Å². The van der Waals surface area contributed by atoms with Crippen LogP contribution in [0.3, 0.4) is 0 Å². The summed E-state index contributed by atoms with van der Waals surface area (Å²) in [5.41, 5.74) is 2.90. The SMILES string of the molecule is Cc1cc(Br)ccc1NC(=O)NCCc1ccc2c(c1)OCO2. The molecule has 1 heterocycles. The van der Waals surface area contributed by atoms with E-state index in [9.17, 15) is 4.79 Å². The summed E-state index contributed by atoms with van der Waals surface area (Å²) in [6.45, 7) is 2.76. The van der Waals surface area contributed by atoms with Gasteiger partial charge in [-0.2, -0.15) is 0 Å². The normalized spacial score (nSPS) is 12.1. The minimum absolute atomic E-state index is 0.212. The molecule has 1 aliphatic rings. The number of aryl methyl sites for hydroxylation is 1. The zero-order valence-electron chi connectivity index (χ0n) is 12.7. The van der Waals surface area contributed by atoms with Gasteiger partial charge in [-0.3, -0.25) is 0 Å². The molecule has 0 radical (unpaired) electrons. The maximum atomic E-state index is 11.9. The van der Waals surface area contributed by atoms with Crippen LogP contribution in [0.15, 0.2) is 40.9 Å². The van der Waals surface area contributed by atoms with E-state index >= 15 is 0 Å². The predicted molar refractivity (Wildman–Crippen MR) is 92.2 cm³/mol. The van der Waals surface area contributed by atoms with Crippen molar-refractivity contribution >= 4 is 27.6 Å². The highest BCUT2D eigenvalue weighted by Crippen LogP contribution is 2.32. The molecule has 0 aromatic heterocycles. The molecule has 120 valence electrons. The maximum Gasteiger partial charge on any atom is 0.319 e. The second kappa shape index (κ2) is 6.91. The van der Waals surface area contributed by atoms with Crippen LogP contribution in [0.1, 0.15) is 11.1 Å². The Bertz CT molecular complexity index is 734. The van der Waals surface area contributed by atoms with Gasteiger partial charge in [-0.1, -0.05) is 22.0 Å². The summed E-state index contributed by atoms with van der Waals surface area (Å²) in [7, 11) is 0.